The van der Waals surface area contributed by atoms with Gasteiger partial charge in [0.2, 0.25) is 0 Å². The molecule has 30 heavy (non-hydrogen) atoms. The lowest BCUT2D eigenvalue weighted by Crippen LogP contribution is -2.41. The van der Waals surface area contributed by atoms with Crippen LogP contribution in [0.1, 0.15) is 12.8 Å². The maximum atomic E-state index is 12.2. The van der Waals surface area contributed by atoms with E-state index in [-0.39, 0.29) is 13.2 Å². The highest BCUT2D eigenvalue weighted by Gasteiger charge is 2.37. The largest absolute Gasteiger partial charge is 0.378 e. The Morgan fingerprint density at radius 2 is 1.03 bits per heavy atom. The SMILES string of the molecule is O=[P@@]1(N(CCCl)CCCl)N[C@@H](O)CCO1.O=[P@@]1(N(CCCl)CCCl)N[C@H](O)CCO1. The lowest BCUT2D eigenvalue weighted by atomic mass is 10.4. The van der Waals surface area contributed by atoms with Crippen molar-refractivity contribution in [3.8, 4) is 0 Å². The molecule has 2 aliphatic rings. The molecule has 4 atom stereocenters. The van der Waals surface area contributed by atoms with Crippen LogP contribution in [0, 0.1) is 0 Å². The molecule has 0 aromatic carbocycles. The van der Waals surface area contributed by atoms with Gasteiger partial charge in [0.1, 0.15) is 12.5 Å². The third-order valence-corrected chi connectivity index (χ3v) is 9.33. The Morgan fingerprint density at radius 1 is 0.733 bits per heavy atom. The van der Waals surface area contributed by atoms with Crippen molar-refractivity contribution in [2.24, 2.45) is 0 Å². The molecule has 2 rings (SSSR count). The second-order valence-electron chi connectivity index (χ2n) is 6.24. The van der Waals surface area contributed by atoms with Gasteiger partial charge in [0, 0.05) is 62.5 Å². The second-order valence-corrected chi connectivity index (χ2v) is 12.0. The first-order chi connectivity index (χ1) is 14.2. The van der Waals surface area contributed by atoms with Gasteiger partial charge in [-0.25, -0.2) is 19.5 Å². The van der Waals surface area contributed by atoms with Gasteiger partial charge in [-0.3, -0.25) is 9.13 Å². The van der Waals surface area contributed by atoms with E-state index in [9.17, 15) is 19.3 Å². The fourth-order valence-corrected chi connectivity index (χ4v) is 7.88. The normalized spacial score (nSPS) is 32.1. The van der Waals surface area contributed by atoms with Gasteiger partial charge in [0.15, 0.2) is 0 Å². The number of aliphatic hydroxyl groups excluding tert-OH is 2. The van der Waals surface area contributed by atoms with E-state index >= 15 is 0 Å². The molecule has 0 aromatic rings. The molecule has 0 spiro atoms. The van der Waals surface area contributed by atoms with Crippen molar-refractivity contribution in [1.82, 2.24) is 19.5 Å². The number of halogens is 4. The van der Waals surface area contributed by atoms with Crippen LogP contribution in [0.15, 0.2) is 0 Å². The van der Waals surface area contributed by atoms with Gasteiger partial charge in [-0.05, 0) is 0 Å². The molecule has 0 aromatic heterocycles. The molecule has 180 valence electrons. The number of alkyl halides is 4. The minimum absolute atomic E-state index is 0.270. The Kier molecular flexibility index (Phi) is 14.9. The van der Waals surface area contributed by atoms with E-state index in [4.69, 9.17) is 55.5 Å². The summed E-state index contributed by atoms with van der Waals surface area (Å²) < 4.78 is 38.0. The molecule has 2 fully saturated rings. The highest BCUT2D eigenvalue weighted by molar-refractivity contribution is 7.54. The van der Waals surface area contributed by atoms with Gasteiger partial charge in [-0.15, -0.1) is 46.4 Å². The van der Waals surface area contributed by atoms with Crippen molar-refractivity contribution in [1.29, 1.82) is 0 Å². The number of nitrogens with one attached hydrogen (secondary N) is 2. The van der Waals surface area contributed by atoms with E-state index in [0.29, 0.717) is 62.5 Å². The standard InChI is InChI=1S/2C7H15Cl2N2O3P/c2*8-2-4-11(5-3-9)15(13)10-7(12)1-6-14-15/h2*7,12H,1-6H2,(H,10,13)/t7-,15+;7-,15-/m10/s1. The molecule has 0 bridgehead atoms. The molecule has 2 aliphatic heterocycles. The summed E-state index contributed by atoms with van der Waals surface area (Å²) in [5, 5.41) is 23.9. The maximum Gasteiger partial charge on any atom is 0.345 e. The summed E-state index contributed by atoms with van der Waals surface area (Å²) in [6.07, 6.45) is -0.727. The van der Waals surface area contributed by atoms with Crippen molar-refractivity contribution in [3.05, 3.63) is 0 Å². The van der Waals surface area contributed by atoms with Gasteiger partial charge < -0.3 is 19.3 Å². The lowest BCUT2D eigenvalue weighted by Gasteiger charge is -2.35. The summed E-state index contributed by atoms with van der Waals surface area (Å²) in [5.74, 6) is 1.34. The maximum absolute atomic E-state index is 12.2. The molecule has 2 heterocycles. The van der Waals surface area contributed by atoms with Gasteiger partial charge >= 0.3 is 15.3 Å². The predicted molar refractivity (Wildman–Crippen MR) is 121 cm³/mol. The summed E-state index contributed by atoms with van der Waals surface area (Å²) in [5.41, 5.74) is 0. The monoisotopic (exact) mass is 552 g/mol. The van der Waals surface area contributed by atoms with Gasteiger partial charge in [0.25, 0.3) is 0 Å². The van der Waals surface area contributed by atoms with Crippen LogP contribution in [0.25, 0.3) is 0 Å². The van der Waals surface area contributed by atoms with Gasteiger partial charge in [0.05, 0.1) is 13.2 Å². The molecule has 4 N–H and O–H groups in total. The zero-order chi connectivity index (χ0) is 22.6. The van der Waals surface area contributed by atoms with Crippen molar-refractivity contribution >= 4 is 61.7 Å². The average molecular weight is 554 g/mol. The van der Waals surface area contributed by atoms with Gasteiger partial charge in [-0.2, -0.15) is 0 Å². The van der Waals surface area contributed by atoms with E-state index < -0.39 is 27.8 Å². The molecule has 16 heteroatoms. The van der Waals surface area contributed by atoms with Crippen molar-refractivity contribution in [3.63, 3.8) is 0 Å². The molecule has 2 saturated heterocycles. The Balaban J connectivity index is 0.000000300. The molecule has 0 saturated carbocycles. The molecule has 10 nitrogen and oxygen atoms in total. The third kappa shape index (κ3) is 9.65. The van der Waals surface area contributed by atoms with Crippen LogP contribution >= 0.6 is 61.7 Å². The van der Waals surface area contributed by atoms with E-state index in [0.717, 1.165) is 0 Å². The first kappa shape index (κ1) is 29.3. The summed E-state index contributed by atoms with van der Waals surface area (Å²) >= 11 is 22.4. The fraction of sp³-hybridized carbons (Fsp3) is 1.00. The summed E-state index contributed by atoms with van der Waals surface area (Å²) in [4.78, 5) is 0. The van der Waals surface area contributed by atoms with Crippen LogP contribution < -0.4 is 10.2 Å². The molecular formula is C14H30Cl4N4O6P2. The average Bonchev–Trinajstić information content (AvgIpc) is 2.68. The van der Waals surface area contributed by atoms with E-state index in [1.807, 2.05) is 0 Å². The quantitative estimate of drug-likeness (QED) is 0.237. The van der Waals surface area contributed by atoms with Crippen molar-refractivity contribution < 1.29 is 28.4 Å². The number of nitrogens with zero attached hydrogens (tertiary/aromatic N) is 2. The Morgan fingerprint density at radius 3 is 1.27 bits per heavy atom. The van der Waals surface area contributed by atoms with E-state index in [1.165, 1.54) is 0 Å². The Hall–Kier alpha value is 1.30. The minimum atomic E-state index is -3.15. The highest BCUT2D eigenvalue weighted by atomic mass is 35.5. The van der Waals surface area contributed by atoms with Crippen molar-refractivity contribution in [2.45, 2.75) is 25.3 Å². The molecule has 0 aliphatic carbocycles. The van der Waals surface area contributed by atoms with Crippen LogP contribution in [-0.2, 0) is 18.2 Å². The number of rotatable bonds is 10. The van der Waals surface area contributed by atoms with Crippen LogP contribution in [0.2, 0.25) is 0 Å². The molecular weight excluding hydrogens is 524 g/mol. The van der Waals surface area contributed by atoms with Crippen molar-refractivity contribution in [2.75, 3.05) is 62.9 Å². The van der Waals surface area contributed by atoms with E-state index in [2.05, 4.69) is 10.2 Å². The summed E-state index contributed by atoms with van der Waals surface area (Å²) in [7, 11) is -6.30. The number of hydrogen-bond donors (Lipinski definition) is 4. The summed E-state index contributed by atoms with van der Waals surface area (Å²) in [6, 6.07) is 0. The van der Waals surface area contributed by atoms with Crippen LogP contribution in [-0.4, -0.2) is 94.9 Å². The first-order valence-corrected chi connectivity index (χ1v) is 14.7. The third-order valence-electron chi connectivity index (χ3n) is 4.05. The molecule has 0 unspecified atom stereocenters. The zero-order valence-corrected chi connectivity index (χ0v) is 21.3. The minimum Gasteiger partial charge on any atom is -0.378 e. The van der Waals surface area contributed by atoms with E-state index in [1.54, 1.807) is 9.34 Å². The number of hydrogen-bond acceptors (Lipinski definition) is 6. The smallest absolute Gasteiger partial charge is 0.345 e. The second kappa shape index (κ2) is 15.3. The zero-order valence-electron chi connectivity index (χ0n) is 16.5. The topological polar surface area (TPSA) is 124 Å². The Labute approximate surface area is 197 Å². The highest BCUT2D eigenvalue weighted by Crippen LogP contribution is 2.50. The lowest BCUT2D eigenvalue weighted by molar-refractivity contribution is 0.0876. The van der Waals surface area contributed by atoms with Crippen LogP contribution in [0.5, 0.6) is 0 Å². The predicted octanol–water partition coefficient (Wildman–Crippen LogP) is 2.40. The van der Waals surface area contributed by atoms with Crippen LogP contribution in [0.3, 0.4) is 0 Å². The fourth-order valence-electron chi connectivity index (χ4n) is 2.62. The summed E-state index contributed by atoms with van der Waals surface area (Å²) in [6.45, 7) is 2.17. The molecule has 0 amide bonds. The Bertz CT molecular complexity index is 525. The first-order valence-electron chi connectivity index (χ1n) is 9.40. The van der Waals surface area contributed by atoms with Gasteiger partial charge in [-0.1, -0.05) is 0 Å². The number of aliphatic hydroxyl groups is 2. The molecule has 0 radical (unpaired) electrons. The van der Waals surface area contributed by atoms with Crippen LogP contribution in [0.4, 0.5) is 0 Å².